The molecule has 3 aliphatic rings. The number of carbonyl (C=O) groups excluding carboxylic acids is 1. The van der Waals surface area contributed by atoms with Gasteiger partial charge in [0.15, 0.2) is 5.76 Å². The molecule has 0 N–H and O–H groups in total. The molecule has 1 amide bonds. The van der Waals surface area contributed by atoms with E-state index in [1.54, 1.807) is 21.3 Å². The molecule has 1 aromatic heterocycles. The minimum atomic E-state index is -3.16. The number of amides is 1. The predicted molar refractivity (Wildman–Crippen MR) is 79.9 cm³/mol. The van der Waals surface area contributed by atoms with Gasteiger partial charge in [-0.2, -0.15) is 4.31 Å². The third-order valence-corrected chi connectivity index (χ3v) is 7.43. The smallest absolute Gasteiger partial charge is 0.289 e. The SMILES string of the molecule is Cc1ccc(C(=O)N2CC[C@H]3[C@H]2CCN3S(=O)(=O)C2CC2)o1. The monoisotopic (exact) mass is 324 g/mol. The van der Waals surface area contributed by atoms with Crippen molar-refractivity contribution in [3.05, 3.63) is 23.7 Å². The van der Waals surface area contributed by atoms with Gasteiger partial charge in [-0.3, -0.25) is 4.79 Å². The van der Waals surface area contributed by atoms with Gasteiger partial charge < -0.3 is 9.32 Å². The van der Waals surface area contributed by atoms with Crippen molar-refractivity contribution in [1.82, 2.24) is 9.21 Å². The lowest BCUT2D eigenvalue weighted by Gasteiger charge is -2.24. The topological polar surface area (TPSA) is 70.8 Å². The van der Waals surface area contributed by atoms with Crippen molar-refractivity contribution in [3.8, 4) is 0 Å². The number of sulfonamides is 1. The fourth-order valence-corrected chi connectivity index (χ4v) is 5.86. The van der Waals surface area contributed by atoms with Crippen LogP contribution in [0.1, 0.15) is 42.0 Å². The van der Waals surface area contributed by atoms with Crippen LogP contribution in [-0.4, -0.2) is 54.0 Å². The van der Waals surface area contributed by atoms with E-state index < -0.39 is 10.0 Å². The van der Waals surface area contributed by atoms with Crippen LogP contribution >= 0.6 is 0 Å². The summed E-state index contributed by atoms with van der Waals surface area (Å²) in [5.74, 6) is 0.941. The van der Waals surface area contributed by atoms with E-state index in [-0.39, 0.29) is 23.2 Å². The zero-order valence-corrected chi connectivity index (χ0v) is 13.4. The van der Waals surface area contributed by atoms with Crippen molar-refractivity contribution in [2.24, 2.45) is 0 Å². The molecule has 6 nitrogen and oxygen atoms in total. The Labute approximate surface area is 130 Å². The largest absolute Gasteiger partial charge is 0.456 e. The maximum Gasteiger partial charge on any atom is 0.289 e. The third-order valence-electron chi connectivity index (χ3n) is 5.01. The van der Waals surface area contributed by atoms with Gasteiger partial charge in [0.05, 0.1) is 11.3 Å². The van der Waals surface area contributed by atoms with Crippen molar-refractivity contribution in [1.29, 1.82) is 0 Å². The van der Waals surface area contributed by atoms with E-state index in [0.717, 1.165) is 25.7 Å². The average Bonchev–Trinajstić information content (AvgIpc) is 2.92. The number of likely N-dealkylation sites (tertiary alicyclic amines) is 1. The lowest BCUT2D eigenvalue weighted by atomic mass is 10.1. The number of aryl methyl sites for hydroxylation is 1. The summed E-state index contributed by atoms with van der Waals surface area (Å²) in [6, 6.07) is 3.41. The number of hydrogen-bond acceptors (Lipinski definition) is 4. The fraction of sp³-hybridized carbons (Fsp3) is 0.667. The zero-order valence-electron chi connectivity index (χ0n) is 12.6. The molecule has 0 unspecified atom stereocenters. The Morgan fingerprint density at radius 1 is 1.14 bits per heavy atom. The highest BCUT2D eigenvalue weighted by Gasteiger charge is 2.52. The zero-order chi connectivity index (χ0) is 15.5. The van der Waals surface area contributed by atoms with Crippen molar-refractivity contribution in [2.75, 3.05) is 13.1 Å². The van der Waals surface area contributed by atoms with Crippen LogP contribution < -0.4 is 0 Å². The molecule has 2 aliphatic heterocycles. The molecule has 22 heavy (non-hydrogen) atoms. The van der Waals surface area contributed by atoms with Gasteiger partial charge in [-0.1, -0.05) is 0 Å². The molecule has 2 saturated heterocycles. The molecule has 120 valence electrons. The van der Waals surface area contributed by atoms with Gasteiger partial charge in [-0.05, 0) is 44.7 Å². The minimum Gasteiger partial charge on any atom is -0.456 e. The molecule has 4 rings (SSSR count). The van der Waals surface area contributed by atoms with Gasteiger partial charge in [0.25, 0.3) is 5.91 Å². The van der Waals surface area contributed by atoms with Gasteiger partial charge in [-0.15, -0.1) is 0 Å². The Morgan fingerprint density at radius 2 is 1.86 bits per heavy atom. The Balaban J connectivity index is 1.54. The summed E-state index contributed by atoms with van der Waals surface area (Å²) in [6.45, 7) is 2.95. The number of nitrogens with zero attached hydrogens (tertiary/aromatic N) is 2. The quantitative estimate of drug-likeness (QED) is 0.842. The second-order valence-corrected chi connectivity index (χ2v) is 8.64. The lowest BCUT2D eigenvalue weighted by molar-refractivity contribution is 0.0701. The Hall–Kier alpha value is -1.34. The van der Waals surface area contributed by atoms with Crippen molar-refractivity contribution >= 4 is 15.9 Å². The Morgan fingerprint density at radius 3 is 2.50 bits per heavy atom. The summed E-state index contributed by atoms with van der Waals surface area (Å²) >= 11 is 0. The van der Waals surface area contributed by atoms with E-state index in [4.69, 9.17) is 4.42 Å². The second-order valence-electron chi connectivity index (χ2n) is 6.48. The van der Waals surface area contributed by atoms with Gasteiger partial charge in [0.1, 0.15) is 5.76 Å². The Bertz CT molecular complexity index is 707. The standard InChI is InChI=1S/C15H20N2O4S/c1-10-2-5-14(21-10)15(18)16-8-6-13-12(16)7-9-17(13)22(19,20)11-3-4-11/h2,5,11-13H,3-4,6-9H2,1H3/t12-,13+/m1/s1. The number of carbonyl (C=O) groups is 1. The summed E-state index contributed by atoms with van der Waals surface area (Å²) in [5, 5.41) is -0.177. The summed E-state index contributed by atoms with van der Waals surface area (Å²) in [6.07, 6.45) is 3.01. The number of hydrogen-bond donors (Lipinski definition) is 0. The molecule has 0 spiro atoms. The normalized spacial score (nSPS) is 29.0. The lowest BCUT2D eigenvalue weighted by Crippen LogP contribution is -2.42. The van der Waals surface area contributed by atoms with Crippen LogP contribution in [0.2, 0.25) is 0 Å². The summed E-state index contributed by atoms with van der Waals surface area (Å²) < 4.78 is 32.1. The average molecular weight is 324 g/mol. The first-order valence-corrected chi connectivity index (χ1v) is 9.37. The molecule has 1 aromatic rings. The Kier molecular flexibility index (Phi) is 3.13. The van der Waals surface area contributed by atoms with Gasteiger partial charge in [0, 0.05) is 19.1 Å². The maximum absolute atomic E-state index is 12.6. The predicted octanol–water partition coefficient (Wildman–Crippen LogP) is 1.37. The van der Waals surface area contributed by atoms with E-state index in [0.29, 0.717) is 24.6 Å². The molecule has 7 heteroatoms. The van der Waals surface area contributed by atoms with Crippen LogP contribution in [0.4, 0.5) is 0 Å². The molecule has 1 saturated carbocycles. The van der Waals surface area contributed by atoms with E-state index in [1.807, 2.05) is 6.92 Å². The van der Waals surface area contributed by atoms with Crippen molar-refractivity contribution in [2.45, 2.75) is 49.9 Å². The van der Waals surface area contributed by atoms with Gasteiger partial charge in [0.2, 0.25) is 10.0 Å². The van der Waals surface area contributed by atoms with Crippen LogP contribution in [0.25, 0.3) is 0 Å². The van der Waals surface area contributed by atoms with Gasteiger partial charge >= 0.3 is 0 Å². The highest BCUT2D eigenvalue weighted by Crippen LogP contribution is 2.39. The highest BCUT2D eigenvalue weighted by atomic mass is 32.2. The number of furan rings is 1. The molecule has 2 atom stereocenters. The van der Waals surface area contributed by atoms with Crippen LogP contribution in [-0.2, 0) is 10.0 Å². The van der Waals surface area contributed by atoms with Crippen molar-refractivity contribution < 1.29 is 17.6 Å². The van der Waals surface area contributed by atoms with Crippen molar-refractivity contribution in [3.63, 3.8) is 0 Å². The van der Waals surface area contributed by atoms with E-state index >= 15 is 0 Å². The summed E-state index contributed by atoms with van der Waals surface area (Å²) in [4.78, 5) is 14.4. The first-order chi connectivity index (χ1) is 10.5. The molecule has 3 heterocycles. The molecular weight excluding hydrogens is 304 g/mol. The summed E-state index contributed by atoms with van der Waals surface area (Å²) in [5.41, 5.74) is 0. The molecule has 0 bridgehead atoms. The molecule has 0 radical (unpaired) electrons. The summed E-state index contributed by atoms with van der Waals surface area (Å²) in [7, 11) is -3.16. The fourth-order valence-electron chi connectivity index (χ4n) is 3.76. The number of rotatable bonds is 3. The van der Waals surface area contributed by atoms with Crippen LogP contribution in [0.5, 0.6) is 0 Å². The molecule has 1 aliphatic carbocycles. The van der Waals surface area contributed by atoms with Crippen LogP contribution in [0, 0.1) is 6.92 Å². The van der Waals surface area contributed by atoms with Crippen LogP contribution in [0.3, 0.4) is 0 Å². The molecule has 3 fully saturated rings. The minimum absolute atomic E-state index is 0.00793. The number of fused-ring (bicyclic) bond motifs is 1. The molecular formula is C15H20N2O4S. The van der Waals surface area contributed by atoms with E-state index in [1.165, 1.54) is 0 Å². The van der Waals surface area contributed by atoms with E-state index in [9.17, 15) is 13.2 Å². The van der Waals surface area contributed by atoms with Gasteiger partial charge in [-0.25, -0.2) is 8.42 Å². The first-order valence-electron chi connectivity index (χ1n) is 7.86. The second kappa shape index (κ2) is 4.83. The van der Waals surface area contributed by atoms with E-state index in [2.05, 4.69) is 0 Å². The highest BCUT2D eigenvalue weighted by molar-refractivity contribution is 7.90. The maximum atomic E-state index is 12.6. The first kappa shape index (κ1) is 14.3. The third kappa shape index (κ3) is 2.10. The van der Waals surface area contributed by atoms with Crippen LogP contribution in [0.15, 0.2) is 16.5 Å². The molecule has 0 aromatic carbocycles.